The van der Waals surface area contributed by atoms with Crippen LogP contribution < -0.4 is 5.32 Å². The molecule has 4 nitrogen and oxygen atoms in total. The van der Waals surface area contributed by atoms with Crippen molar-refractivity contribution in [2.24, 2.45) is 0 Å². The van der Waals surface area contributed by atoms with E-state index in [9.17, 15) is 18.4 Å². The molecule has 0 aliphatic carbocycles. The number of alkyl carbamates (subject to hydrolysis) is 1. The van der Waals surface area contributed by atoms with Crippen LogP contribution >= 0.6 is 0 Å². The molecular weight excluding hydrogens is 292 g/mol. The number of rotatable bonds is 6. The first-order valence-electron chi connectivity index (χ1n) is 7.14. The van der Waals surface area contributed by atoms with Gasteiger partial charge in [0.2, 0.25) is 0 Å². The predicted molar refractivity (Wildman–Crippen MR) is 78.8 cm³/mol. The summed E-state index contributed by atoms with van der Waals surface area (Å²) in [7, 11) is 0. The first-order valence-corrected chi connectivity index (χ1v) is 7.14. The Hall–Kier alpha value is -1.98. The van der Waals surface area contributed by atoms with Crippen LogP contribution in [0, 0.1) is 11.6 Å². The van der Waals surface area contributed by atoms with Gasteiger partial charge in [-0.2, -0.15) is 0 Å². The summed E-state index contributed by atoms with van der Waals surface area (Å²) in [5.41, 5.74) is -0.797. The third-order valence-electron chi connectivity index (χ3n) is 2.73. The normalized spacial score (nSPS) is 11.1. The number of carbonyl (C=O) groups is 2. The average molecular weight is 313 g/mol. The number of unbranched alkanes of at least 4 members (excludes halogenated alkanes) is 1. The Morgan fingerprint density at radius 1 is 1.18 bits per heavy atom. The van der Waals surface area contributed by atoms with E-state index in [1.54, 1.807) is 20.8 Å². The first kappa shape index (κ1) is 18.1. The predicted octanol–water partition coefficient (Wildman–Crippen LogP) is 3.84. The van der Waals surface area contributed by atoms with Crippen molar-refractivity contribution >= 4 is 11.9 Å². The summed E-state index contributed by atoms with van der Waals surface area (Å²) in [4.78, 5) is 23.2. The number of benzene rings is 1. The molecule has 1 aromatic carbocycles. The van der Waals surface area contributed by atoms with E-state index in [1.165, 1.54) is 0 Å². The van der Waals surface area contributed by atoms with Gasteiger partial charge in [-0.3, -0.25) is 4.79 Å². The molecule has 122 valence electrons. The van der Waals surface area contributed by atoms with Crippen molar-refractivity contribution in [1.29, 1.82) is 0 Å². The molecule has 0 aliphatic rings. The molecule has 0 radical (unpaired) electrons. The van der Waals surface area contributed by atoms with Crippen LogP contribution in [0.15, 0.2) is 18.2 Å². The highest BCUT2D eigenvalue weighted by molar-refractivity contribution is 5.96. The van der Waals surface area contributed by atoms with Crippen LogP contribution in [0.5, 0.6) is 0 Å². The zero-order valence-corrected chi connectivity index (χ0v) is 13.0. The lowest BCUT2D eigenvalue weighted by molar-refractivity contribution is 0.0527. The SMILES string of the molecule is CC(C)(C)OC(=O)NCCCCC(=O)c1cc(F)ccc1F. The Kier molecular flexibility index (Phi) is 6.46. The fourth-order valence-corrected chi connectivity index (χ4v) is 1.76. The largest absolute Gasteiger partial charge is 0.444 e. The van der Waals surface area contributed by atoms with Gasteiger partial charge in [0, 0.05) is 13.0 Å². The maximum absolute atomic E-state index is 13.4. The number of amides is 1. The summed E-state index contributed by atoms with van der Waals surface area (Å²) in [6, 6.07) is 2.81. The molecule has 6 heteroatoms. The number of ketones is 1. The van der Waals surface area contributed by atoms with Gasteiger partial charge in [-0.15, -0.1) is 0 Å². The molecule has 0 bridgehead atoms. The van der Waals surface area contributed by atoms with Crippen molar-refractivity contribution in [2.75, 3.05) is 6.54 Å². The van der Waals surface area contributed by atoms with Crippen LogP contribution in [0.2, 0.25) is 0 Å². The first-order chi connectivity index (χ1) is 10.2. The number of carbonyl (C=O) groups excluding carboxylic acids is 2. The Morgan fingerprint density at radius 3 is 2.50 bits per heavy atom. The van der Waals surface area contributed by atoms with E-state index in [0.717, 1.165) is 18.2 Å². The van der Waals surface area contributed by atoms with Crippen molar-refractivity contribution in [3.63, 3.8) is 0 Å². The topological polar surface area (TPSA) is 55.4 Å². The molecule has 0 spiro atoms. The average Bonchev–Trinajstić information content (AvgIpc) is 2.38. The number of nitrogens with one attached hydrogen (secondary N) is 1. The standard InChI is InChI=1S/C16H21F2NO3/c1-16(2,3)22-15(21)19-9-5-4-6-14(20)12-10-11(17)7-8-13(12)18/h7-8,10H,4-6,9H2,1-3H3,(H,19,21). The number of hydrogen-bond donors (Lipinski definition) is 1. The quantitative estimate of drug-likeness (QED) is 0.641. The van der Waals surface area contributed by atoms with E-state index in [4.69, 9.17) is 4.74 Å². The second kappa shape index (κ2) is 7.87. The molecule has 0 aliphatic heterocycles. The van der Waals surface area contributed by atoms with Gasteiger partial charge in [0.25, 0.3) is 0 Å². The van der Waals surface area contributed by atoms with Gasteiger partial charge in [0.15, 0.2) is 5.78 Å². The maximum Gasteiger partial charge on any atom is 0.407 e. The lowest BCUT2D eigenvalue weighted by Crippen LogP contribution is -2.33. The summed E-state index contributed by atoms with van der Waals surface area (Å²) in [6.45, 7) is 5.64. The number of ether oxygens (including phenoxy) is 1. The molecule has 22 heavy (non-hydrogen) atoms. The summed E-state index contributed by atoms with van der Waals surface area (Å²) in [6.07, 6.45) is 0.582. The Bertz CT molecular complexity index is 539. The van der Waals surface area contributed by atoms with Crippen molar-refractivity contribution in [3.8, 4) is 0 Å². The van der Waals surface area contributed by atoms with Crippen molar-refractivity contribution in [3.05, 3.63) is 35.4 Å². The van der Waals surface area contributed by atoms with Gasteiger partial charge in [-0.05, 0) is 51.8 Å². The minimum atomic E-state index is -0.724. The van der Waals surface area contributed by atoms with Gasteiger partial charge in [-0.1, -0.05) is 0 Å². The lowest BCUT2D eigenvalue weighted by atomic mass is 10.0. The van der Waals surface area contributed by atoms with E-state index >= 15 is 0 Å². The molecule has 0 aromatic heterocycles. The third-order valence-corrected chi connectivity index (χ3v) is 2.73. The minimum absolute atomic E-state index is 0.0936. The Balaban J connectivity index is 2.29. The second-order valence-electron chi connectivity index (χ2n) is 5.93. The molecule has 0 atom stereocenters. The van der Waals surface area contributed by atoms with Crippen LogP contribution in [0.4, 0.5) is 13.6 Å². The van der Waals surface area contributed by atoms with Crippen molar-refractivity contribution in [1.82, 2.24) is 5.32 Å². The van der Waals surface area contributed by atoms with Crippen molar-refractivity contribution < 1.29 is 23.1 Å². The molecule has 1 rings (SSSR count). The summed E-state index contributed by atoms with van der Waals surface area (Å²) >= 11 is 0. The third kappa shape index (κ3) is 6.65. The van der Waals surface area contributed by atoms with E-state index in [-0.39, 0.29) is 12.0 Å². The molecule has 0 saturated carbocycles. The lowest BCUT2D eigenvalue weighted by Gasteiger charge is -2.19. The summed E-state index contributed by atoms with van der Waals surface area (Å²) in [5.74, 6) is -1.82. The van der Waals surface area contributed by atoms with Crippen LogP contribution in [-0.2, 0) is 4.74 Å². The fraction of sp³-hybridized carbons (Fsp3) is 0.500. The van der Waals surface area contributed by atoms with Crippen LogP contribution in [0.1, 0.15) is 50.4 Å². The van der Waals surface area contributed by atoms with Crippen LogP contribution in [0.25, 0.3) is 0 Å². The zero-order chi connectivity index (χ0) is 16.8. The molecular formula is C16H21F2NO3. The molecule has 0 fully saturated rings. The molecule has 0 heterocycles. The summed E-state index contributed by atoms with van der Waals surface area (Å²) in [5, 5.41) is 2.57. The van der Waals surface area contributed by atoms with Crippen molar-refractivity contribution in [2.45, 2.75) is 45.6 Å². The van der Waals surface area contributed by atoms with E-state index in [0.29, 0.717) is 19.4 Å². The number of Topliss-reactive ketones (excluding diaryl/α,β-unsaturated/α-hetero) is 1. The highest BCUT2D eigenvalue weighted by Gasteiger charge is 2.16. The monoisotopic (exact) mass is 313 g/mol. The Morgan fingerprint density at radius 2 is 1.86 bits per heavy atom. The minimum Gasteiger partial charge on any atom is -0.444 e. The van der Waals surface area contributed by atoms with E-state index < -0.39 is 29.1 Å². The molecule has 1 amide bonds. The van der Waals surface area contributed by atoms with Crippen LogP contribution in [-0.4, -0.2) is 24.0 Å². The highest BCUT2D eigenvalue weighted by Crippen LogP contribution is 2.13. The molecule has 0 unspecified atom stereocenters. The van der Waals surface area contributed by atoms with Gasteiger partial charge in [-0.25, -0.2) is 13.6 Å². The van der Waals surface area contributed by atoms with Gasteiger partial charge < -0.3 is 10.1 Å². The summed E-state index contributed by atoms with van der Waals surface area (Å²) < 4.78 is 31.4. The maximum atomic E-state index is 13.4. The second-order valence-corrected chi connectivity index (χ2v) is 5.93. The fourth-order valence-electron chi connectivity index (χ4n) is 1.76. The number of hydrogen-bond acceptors (Lipinski definition) is 3. The molecule has 1 N–H and O–H groups in total. The molecule has 1 aromatic rings. The number of halogens is 2. The molecule has 0 saturated heterocycles. The van der Waals surface area contributed by atoms with Gasteiger partial charge in [0.05, 0.1) is 5.56 Å². The smallest absolute Gasteiger partial charge is 0.407 e. The zero-order valence-electron chi connectivity index (χ0n) is 13.0. The van der Waals surface area contributed by atoms with E-state index in [1.807, 2.05) is 0 Å². The van der Waals surface area contributed by atoms with E-state index in [2.05, 4.69) is 5.32 Å². The van der Waals surface area contributed by atoms with Gasteiger partial charge >= 0.3 is 6.09 Å². The van der Waals surface area contributed by atoms with Gasteiger partial charge in [0.1, 0.15) is 17.2 Å². The van der Waals surface area contributed by atoms with Crippen LogP contribution in [0.3, 0.4) is 0 Å². The highest BCUT2D eigenvalue weighted by atomic mass is 19.1. The Labute approximate surface area is 128 Å².